The summed E-state index contributed by atoms with van der Waals surface area (Å²) in [4.78, 5) is 76.5. The van der Waals surface area contributed by atoms with Crippen LogP contribution in [0.5, 0.6) is 0 Å². The van der Waals surface area contributed by atoms with E-state index in [4.69, 9.17) is 10.5 Å². The molecule has 1 saturated heterocycles. The number of ether oxygens (including phenoxy) is 1. The van der Waals surface area contributed by atoms with E-state index >= 15 is 0 Å². The van der Waals surface area contributed by atoms with Crippen molar-refractivity contribution in [3.8, 4) is 0 Å². The first-order valence-electron chi connectivity index (χ1n) is 13.5. The molecule has 3 atom stereocenters. The highest BCUT2D eigenvalue weighted by atomic mass is 16.5. The third kappa shape index (κ3) is 8.16. The van der Waals surface area contributed by atoms with Crippen LogP contribution < -0.4 is 21.7 Å². The number of amides is 5. The lowest BCUT2D eigenvalue weighted by atomic mass is 9.80. The minimum Gasteiger partial charge on any atom is -0.464 e. The van der Waals surface area contributed by atoms with Gasteiger partial charge in [0.2, 0.25) is 17.6 Å². The number of carbonyl (C=O) groups excluding carboxylic acids is 6. The number of carbonyl (C=O) groups is 6. The second-order valence-corrected chi connectivity index (χ2v) is 11.8. The van der Waals surface area contributed by atoms with E-state index in [2.05, 4.69) is 16.0 Å². The number of ketones is 1. The van der Waals surface area contributed by atoms with E-state index in [-0.39, 0.29) is 12.5 Å². The second-order valence-electron chi connectivity index (χ2n) is 11.8. The molecule has 0 aromatic carbocycles. The summed E-state index contributed by atoms with van der Waals surface area (Å²) in [5.41, 5.74) is 4.50. The molecule has 0 aromatic heterocycles. The van der Waals surface area contributed by atoms with Crippen LogP contribution in [0.4, 0.5) is 4.79 Å². The SMILES string of the molecule is CC(C)(C)C(NC(=O)NCC(=O)OCC1CC1)C(=O)N1CCCC1C(=O)NC(CC1CCC1)C(=O)C(N)=O. The van der Waals surface area contributed by atoms with Crippen molar-refractivity contribution in [1.82, 2.24) is 20.9 Å². The molecular weight excluding hydrogens is 494 g/mol. The molecule has 38 heavy (non-hydrogen) atoms. The first kappa shape index (κ1) is 29.4. The van der Waals surface area contributed by atoms with Gasteiger partial charge in [-0.2, -0.15) is 0 Å². The molecule has 0 spiro atoms. The Morgan fingerprint density at radius 3 is 2.18 bits per heavy atom. The maximum absolute atomic E-state index is 13.6. The van der Waals surface area contributed by atoms with E-state index in [1.165, 1.54) is 4.90 Å². The lowest BCUT2D eigenvalue weighted by Gasteiger charge is -2.36. The summed E-state index contributed by atoms with van der Waals surface area (Å²) in [5.74, 6) is -2.82. The molecule has 0 bridgehead atoms. The molecular formula is C26H41N5O7. The van der Waals surface area contributed by atoms with E-state index < -0.39 is 59.0 Å². The Bertz CT molecular complexity index is 939. The molecule has 1 heterocycles. The Labute approximate surface area is 223 Å². The van der Waals surface area contributed by atoms with Gasteiger partial charge in [-0.1, -0.05) is 40.0 Å². The quantitative estimate of drug-likeness (QED) is 0.206. The van der Waals surface area contributed by atoms with Crippen LogP contribution in [-0.2, 0) is 28.7 Å². The monoisotopic (exact) mass is 535 g/mol. The van der Waals surface area contributed by atoms with Gasteiger partial charge in [0.15, 0.2) is 0 Å². The normalized spacial score (nSPS) is 21.0. The fourth-order valence-electron chi connectivity index (χ4n) is 4.73. The van der Waals surface area contributed by atoms with Crippen molar-refractivity contribution in [3.63, 3.8) is 0 Å². The summed E-state index contributed by atoms with van der Waals surface area (Å²) in [5, 5.41) is 7.74. The summed E-state index contributed by atoms with van der Waals surface area (Å²) in [6.07, 6.45) is 6.24. The van der Waals surface area contributed by atoms with Gasteiger partial charge < -0.3 is 31.3 Å². The number of nitrogens with two attached hydrogens (primary N) is 1. The van der Waals surface area contributed by atoms with Gasteiger partial charge in [-0.05, 0) is 49.4 Å². The van der Waals surface area contributed by atoms with Gasteiger partial charge in [-0.3, -0.25) is 24.0 Å². The number of rotatable bonds is 12. The molecule has 0 radical (unpaired) electrons. The predicted octanol–water partition coefficient (Wildman–Crippen LogP) is 0.374. The number of nitrogens with one attached hydrogen (secondary N) is 3. The first-order chi connectivity index (χ1) is 17.9. The van der Waals surface area contributed by atoms with Crippen molar-refractivity contribution in [3.05, 3.63) is 0 Å². The summed E-state index contributed by atoms with van der Waals surface area (Å²) >= 11 is 0. The lowest BCUT2D eigenvalue weighted by molar-refractivity contribution is -0.143. The summed E-state index contributed by atoms with van der Waals surface area (Å²) in [6.45, 7) is 5.67. The standard InChI is InChI=1S/C26H41N5O7/c1-26(2,3)21(30-25(37)28-13-19(32)38-14-16-9-10-16)24(36)31-11-5-8-18(31)23(35)29-17(20(33)22(27)34)12-15-6-4-7-15/h15-18,21H,4-14H2,1-3H3,(H2,27,34)(H,29,35)(H2,28,30,37). The van der Waals surface area contributed by atoms with Crippen LogP contribution in [0.15, 0.2) is 0 Å². The van der Waals surface area contributed by atoms with Gasteiger partial charge in [0.05, 0.1) is 12.6 Å². The number of hydrogen-bond donors (Lipinski definition) is 4. The fraction of sp³-hybridized carbons (Fsp3) is 0.769. The zero-order valence-electron chi connectivity index (χ0n) is 22.5. The van der Waals surface area contributed by atoms with Crippen LogP contribution in [0.25, 0.3) is 0 Å². The Kier molecular flexibility index (Phi) is 9.72. The van der Waals surface area contributed by atoms with Crippen LogP contribution in [0.1, 0.15) is 72.1 Å². The van der Waals surface area contributed by atoms with Gasteiger partial charge in [-0.25, -0.2) is 4.79 Å². The summed E-state index contributed by atoms with van der Waals surface area (Å²) in [7, 11) is 0. The number of hydrogen-bond acceptors (Lipinski definition) is 7. The van der Waals surface area contributed by atoms with Crippen LogP contribution in [0.3, 0.4) is 0 Å². The average molecular weight is 536 g/mol. The van der Waals surface area contributed by atoms with Crippen molar-refractivity contribution < 1.29 is 33.5 Å². The number of primary amides is 1. The minimum absolute atomic E-state index is 0.240. The third-order valence-electron chi connectivity index (χ3n) is 7.47. The van der Waals surface area contributed by atoms with Crippen LogP contribution in [0.2, 0.25) is 0 Å². The molecule has 3 unspecified atom stereocenters. The maximum Gasteiger partial charge on any atom is 0.325 e. The second kappa shape index (κ2) is 12.6. The average Bonchev–Trinajstić information content (AvgIpc) is 3.52. The van der Waals surface area contributed by atoms with Gasteiger partial charge in [0, 0.05) is 6.54 Å². The smallest absolute Gasteiger partial charge is 0.325 e. The molecule has 1 aliphatic heterocycles. The Hall–Kier alpha value is -3.18. The molecule has 212 valence electrons. The first-order valence-corrected chi connectivity index (χ1v) is 13.5. The molecule has 5 amide bonds. The number of Topliss-reactive ketones (excluding diaryl/α,β-unsaturated/α-hetero) is 1. The zero-order chi connectivity index (χ0) is 28.0. The van der Waals surface area contributed by atoms with Crippen LogP contribution in [-0.4, -0.2) is 78.2 Å². The Balaban J connectivity index is 1.61. The molecule has 3 rings (SSSR count). The van der Waals surface area contributed by atoms with Crippen LogP contribution in [0, 0.1) is 17.3 Å². The number of esters is 1. The van der Waals surface area contributed by atoms with Crippen molar-refractivity contribution in [2.75, 3.05) is 19.7 Å². The van der Waals surface area contributed by atoms with E-state index in [1.807, 2.05) is 0 Å². The number of urea groups is 1. The van der Waals surface area contributed by atoms with Gasteiger partial charge >= 0.3 is 12.0 Å². The maximum atomic E-state index is 13.6. The molecule has 3 fully saturated rings. The van der Waals surface area contributed by atoms with Crippen molar-refractivity contribution in [2.24, 2.45) is 23.0 Å². The molecule has 12 nitrogen and oxygen atoms in total. The van der Waals surface area contributed by atoms with Crippen LogP contribution >= 0.6 is 0 Å². The molecule has 5 N–H and O–H groups in total. The highest BCUT2D eigenvalue weighted by Gasteiger charge is 2.43. The Morgan fingerprint density at radius 1 is 0.947 bits per heavy atom. The molecule has 0 aromatic rings. The topological polar surface area (TPSA) is 177 Å². The molecule has 2 aliphatic carbocycles. The largest absolute Gasteiger partial charge is 0.464 e. The molecule has 2 saturated carbocycles. The van der Waals surface area contributed by atoms with E-state index in [1.54, 1.807) is 20.8 Å². The fourth-order valence-corrected chi connectivity index (χ4v) is 4.73. The van der Waals surface area contributed by atoms with Crippen molar-refractivity contribution in [2.45, 2.75) is 90.3 Å². The summed E-state index contributed by atoms with van der Waals surface area (Å²) < 4.78 is 5.10. The van der Waals surface area contributed by atoms with E-state index in [9.17, 15) is 28.8 Å². The Morgan fingerprint density at radius 2 is 1.63 bits per heavy atom. The molecule has 3 aliphatic rings. The van der Waals surface area contributed by atoms with E-state index in [0.717, 1.165) is 32.1 Å². The minimum atomic E-state index is -1.10. The third-order valence-corrected chi connectivity index (χ3v) is 7.47. The lowest BCUT2D eigenvalue weighted by Crippen LogP contribution is -2.60. The highest BCUT2D eigenvalue weighted by Crippen LogP contribution is 2.31. The highest BCUT2D eigenvalue weighted by molar-refractivity contribution is 6.37. The molecule has 12 heteroatoms. The van der Waals surface area contributed by atoms with Crippen molar-refractivity contribution in [1.29, 1.82) is 0 Å². The number of likely N-dealkylation sites (tertiary alicyclic amines) is 1. The van der Waals surface area contributed by atoms with E-state index in [0.29, 0.717) is 38.3 Å². The van der Waals surface area contributed by atoms with Gasteiger partial charge in [0.1, 0.15) is 18.6 Å². The predicted molar refractivity (Wildman–Crippen MR) is 136 cm³/mol. The number of nitrogens with zero attached hydrogens (tertiary/aromatic N) is 1. The van der Waals surface area contributed by atoms with Gasteiger partial charge in [-0.15, -0.1) is 0 Å². The van der Waals surface area contributed by atoms with Crippen molar-refractivity contribution >= 4 is 35.5 Å². The van der Waals surface area contributed by atoms with Gasteiger partial charge in [0.25, 0.3) is 5.91 Å². The zero-order valence-corrected chi connectivity index (χ0v) is 22.5. The summed E-state index contributed by atoms with van der Waals surface area (Å²) in [6, 6.07) is -3.56.